The molecule has 0 saturated carbocycles. The van der Waals surface area contributed by atoms with E-state index in [4.69, 9.17) is 18.9 Å². The summed E-state index contributed by atoms with van der Waals surface area (Å²) in [5.74, 6) is 2.51. The summed E-state index contributed by atoms with van der Waals surface area (Å²) in [5, 5.41) is 0. The highest BCUT2D eigenvalue weighted by Crippen LogP contribution is 2.35. The minimum Gasteiger partial charge on any atom is -0.465 e. The lowest BCUT2D eigenvalue weighted by molar-refractivity contribution is -0.173. The summed E-state index contributed by atoms with van der Waals surface area (Å²) < 4.78 is 20.6. The summed E-state index contributed by atoms with van der Waals surface area (Å²) >= 11 is 0. The highest BCUT2D eigenvalue weighted by molar-refractivity contribution is 6.01. The minimum atomic E-state index is -1.71. The fraction of sp³-hybridized carbons (Fsp3) is 0.615. The molecule has 8 nitrogen and oxygen atoms in total. The van der Waals surface area contributed by atoms with Gasteiger partial charge in [0.25, 0.3) is 0 Å². The molecule has 0 rings (SSSR count). The zero-order valence-corrected chi connectivity index (χ0v) is 21.3. The molecule has 0 unspecified atom stereocenters. The van der Waals surface area contributed by atoms with Gasteiger partial charge >= 0.3 is 23.9 Å². The molecule has 0 heterocycles. The predicted molar refractivity (Wildman–Crippen MR) is 127 cm³/mol. The Labute approximate surface area is 203 Å². The molecule has 0 aromatic carbocycles. The number of hydrogen-bond acceptors (Lipinski definition) is 8. The van der Waals surface area contributed by atoms with Gasteiger partial charge in [0, 0.05) is 12.8 Å². The van der Waals surface area contributed by atoms with E-state index in [1.807, 2.05) is 0 Å². The first kappa shape index (κ1) is 30.9. The van der Waals surface area contributed by atoms with Gasteiger partial charge in [-0.25, -0.2) is 0 Å². The number of rotatable bonds is 14. The highest BCUT2D eigenvalue weighted by Gasteiger charge is 2.50. The Balaban J connectivity index is 6.36. The molecule has 0 aromatic rings. The lowest BCUT2D eigenvalue weighted by Gasteiger charge is -2.28. The van der Waals surface area contributed by atoms with Crippen molar-refractivity contribution in [1.29, 1.82) is 0 Å². The van der Waals surface area contributed by atoms with E-state index >= 15 is 0 Å². The molecule has 190 valence electrons. The zero-order chi connectivity index (χ0) is 26.4. The van der Waals surface area contributed by atoms with E-state index < -0.39 is 34.7 Å². The molecular formula is C26H38O8. The van der Waals surface area contributed by atoms with E-state index in [9.17, 15) is 19.2 Å². The van der Waals surface area contributed by atoms with Crippen molar-refractivity contribution < 1.29 is 38.1 Å². The SMILES string of the molecule is C=C(C)CC(CC#CCC(CC(=C)C)(C(=O)OCC)C(=O)OCC)(C(=O)OCC)C(=O)OCC. The molecule has 0 radical (unpaired) electrons. The third kappa shape index (κ3) is 8.36. The molecule has 0 fully saturated rings. The monoisotopic (exact) mass is 478 g/mol. The van der Waals surface area contributed by atoms with E-state index in [1.54, 1.807) is 41.5 Å². The Morgan fingerprint density at radius 2 is 0.824 bits per heavy atom. The van der Waals surface area contributed by atoms with Crippen LogP contribution in [0.4, 0.5) is 0 Å². The van der Waals surface area contributed by atoms with Crippen molar-refractivity contribution in [1.82, 2.24) is 0 Å². The Bertz CT molecular complexity index is 725. The van der Waals surface area contributed by atoms with Crippen molar-refractivity contribution >= 4 is 23.9 Å². The maximum atomic E-state index is 12.8. The van der Waals surface area contributed by atoms with Gasteiger partial charge in [-0.1, -0.05) is 11.1 Å². The summed E-state index contributed by atoms with van der Waals surface area (Å²) in [6, 6.07) is 0. The molecule has 0 atom stereocenters. The van der Waals surface area contributed by atoms with Crippen LogP contribution in [0.25, 0.3) is 0 Å². The first-order valence-electron chi connectivity index (χ1n) is 11.4. The van der Waals surface area contributed by atoms with Crippen LogP contribution >= 0.6 is 0 Å². The largest absolute Gasteiger partial charge is 0.465 e. The van der Waals surface area contributed by atoms with Crippen LogP contribution in [0.5, 0.6) is 0 Å². The quantitative estimate of drug-likeness (QED) is 0.122. The lowest BCUT2D eigenvalue weighted by Crippen LogP contribution is -2.43. The van der Waals surface area contributed by atoms with Crippen molar-refractivity contribution in [2.75, 3.05) is 26.4 Å². The number of hydrogen-bond donors (Lipinski definition) is 0. The number of allylic oxidation sites excluding steroid dienone is 2. The van der Waals surface area contributed by atoms with Gasteiger partial charge in [0.15, 0.2) is 10.8 Å². The third-order valence-electron chi connectivity index (χ3n) is 4.78. The van der Waals surface area contributed by atoms with E-state index in [1.165, 1.54) is 0 Å². The van der Waals surface area contributed by atoms with Gasteiger partial charge in [0.2, 0.25) is 0 Å². The molecule has 0 amide bonds. The second-order valence-corrected chi connectivity index (χ2v) is 8.02. The molecule has 8 heteroatoms. The van der Waals surface area contributed by atoms with Crippen molar-refractivity contribution in [3.8, 4) is 11.8 Å². The fourth-order valence-corrected chi connectivity index (χ4v) is 3.40. The standard InChI is InChI=1S/C26H38O8/c1-9-31-21(27)25(17-19(5)6,22(28)32-10-2)15-13-14-16-26(18-20(7)8,23(29)33-11-3)24(30)34-12-4/h5,7,9-12,15-18H2,1-4,6,8H3. The molecular weight excluding hydrogens is 440 g/mol. The molecule has 0 bridgehead atoms. The van der Waals surface area contributed by atoms with Crippen molar-refractivity contribution in [2.45, 2.75) is 67.2 Å². The topological polar surface area (TPSA) is 105 Å². The van der Waals surface area contributed by atoms with Gasteiger partial charge in [-0.3, -0.25) is 19.2 Å². The Hall–Kier alpha value is -3.08. The molecule has 0 N–H and O–H groups in total. The molecule has 0 saturated heterocycles. The van der Waals surface area contributed by atoms with Crippen LogP contribution in [0.3, 0.4) is 0 Å². The third-order valence-corrected chi connectivity index (χ3v) is 4.78. The normalized spacial score (nSPS) is 10.9. The van der Waals surface area contributed by atoms with Crippen molar-refractivity contribution in [2.24, 2.45) is 10.8 Å². The maximum absolute atomic E-state index is 12.8. The van der Waals surface area contributed by atoms with Gasteiger partial charge in [-0.05, 0) is 54.4 Å². The van der Waals surface area contributed by atoms with Crippen molar-refractivity contribution in [3.05, 3.63) is 24.3 Å². The van der Waals surface area contributed by atoms with Crippen LogP contribution in [-0.2, 0) is 38.1 Å². The molecule has 0 aromatic heterocycles. The average Bonchev–Trinajstić information content (AvgIpc) is 2.74. The fourth-order valence-electron chi connectivity index (χ4n) is 3.40. The van der Waals surface area contributed by atoms with Gasteiger partial charge in [-0.15, -0.1) is 25.0 Å². The molecule has 34 heavy (non-hydrogen) atoms. The molecule has 0 aliphatic carbocycles. The summed E-state index contributed by atoms with van der Waals surface area (Å²) in [5.41, 5.74) is -2.29. The second-order valence-electron chi connectivity index (χ2n) is 8.02. The lowest BCUT2D eigenvalue weighted by atomic mass is 9.77. The van der Waals surface area contributed by atoms with Gasteiger partial charge in [-0.2, -0.15) is 0 Å². The van der Waals surface area contributed by atoms with E-state index in [-0.39, 0.29) is 52.1 Å². The summed E-state index contributed by atoms with van der Waals surface area (Å²) in [7, 11) is 0. The van der Waals surface area contributed by atoms with Crippen LogP contribution in [0.15, 0.2) is 24.3 Å². The number of esters is 4. The average molecular weight is 479 g/mol. The van der Waals surface area contributed by atoms with Crippen LogP contribution < -0.4 is 0 Å². The van der Waals surface area contributed by atoms with Crippen LogP contribution in [-0.4, -0.2) is 50.3 Å². The molecule has 0 aliphatic rings. The highest BCUT2D eigenvalue weighted by atomic mass is 16.6. The van der Waals surface area contributed by atoms with Gasteiger partial charge in [0.1, 0.15) is 0 Å². The van der Waals surface area contributed by atoms with Gasteiger partial charge in [0.05, 0.1) is 26.4 Å². The Morgan fingerprint density at radius 1 is 0.588 bits per heavy atom. The Morgan fingerprint density at radius 3 is 1.00 bits per heavy atom. The summed E-state index contributed by atoms with van der Waals surface area (Å²) in [6.07, 6.45) is -0.531. The molecule has 0 aliphatic heterocycles. The van der Waals surface area contributed by atoms with Crippen LogP contribution in [0.1, 0.15) is 67.2 Å². The summed E-state index contributed by atoms with van der Waals surface area (Å²) in [4.78, 5) is 51.4. The predicted octanol–water partition coefficient (Wildman–Crippen LogP) is 3.93. The smallest absolute Gasteiger partial charge is 0.324 e. The first-order chi connectivity index (χ1) is 16.0. The Kier molecular flexibility index (Phi) is 13.6. The second kappa shape index (κ2) is 14.9. The maximum Gasteiger partial charge on any atom is 0.324 e. The van der Waals surface area contributed by atoms with Crippen molar-refractivity contribution in [3.63, 3.8) is 0 Å². The van der Waals surface area contributed by atoms with Crippen LogP contribution in [0.2, 0.25) is 0 Å². The molecule has 0 spiro atoms. The first-order valence-corrected chi connectivity index (χ1v) is 11.4. The van der Waals surface area contributed by atoms with E-state index in [0.717, 1.165) is 0 Å². The number of carbonyl (C=O) groups is 4. The summed E-state index contributed by atoms with van der Waals surface area (Å²) in [6.45, 7) is 17.8. The van der Waals surface area contributed by atoms with E-state index in [0.29, 0.717) is 11.1 Å². The minimum absolute atomic E-state index is 0.0218. The number of carbonyl (C=O) groups excluding carboxylic acids is 4. The number of ether oxygens (including phenoxy) is 4. The van der Waals surface area contributed by atoms with Gasteiger partial charge < -0.3 is 18.9 Å². The van der Waals surface area contributed by atoms with E-state index in [2.05, 4.69) is 25.0 Å². The van der Waals surface area contributed by atoms with Crippen LogP contribution in [0, 0.1) is 22.7 Å². The zero-order valence-electron chi connectivity index (χ0n) is 21.3.